The average Bonchev–Trinajstić information content (AvgIpc) is 2.89. The van der Waals surface area contributed by atoms with E-state index in [0.717, 1.165) is 5.56 Å². The number of rotatable bonds is 4. The second kappa shape index (κ2) is 6.11. The zero-order valence-electron chi connectivity index (χ0n) is 11.6. The zero-order valence-corrected chi connectivity index (χ0v) is 11.6. The Balaban J connectivity index is 2.45. The molecule has 0 aliphatic rings. The first-order valence-corrected chi connectivity index (χ1v) is 6.20. The molecule has 2 aromatic rings. The molecule has 0 unspecified atom stereocenters. The molecule has 0 aliphatic carbocycles. The predicted octanol–water partition coefficient (Wildman–Crippen LogP) is -0.551. The van der Waals surface area contributed by atoms with Crippen molar-refractivity contribution in [3.05, 3.63) is 42.1 Å². The van der Waals surface area contributed by atoms with E-state index in [9.17, 15) is 9.59 Å². The van der Waals surface area contributed by atoms with Crippen LogP contribution in [0.2, 0.25) is 0 Å². The van der Waals surface area contributed by atoms with Gasteiger partial charge in [0, 0.05) is 0 Å². The fourth-order valence-electron chi connectivity index (χ4n) is 1.88. The lowest BCUT2D eigenvalue weighted by atomic mass is 10.2. The van der Waals surface area contributed by atoms with Gasteiger partial charge in [0.2, 0.25) is 0 Å². The van der Waals surface area contributed by atoms with E-state index in [1.54, 1.807) is 0 Å². The minimum Gasteiger partial charge on any atom is -0.350 e. The molecular weight excluding hydrogens is 288 g/mol. The molecule has 0 radical (unpaired) electrons. The van der Waals surface area contributed by atoms with Crippen LogP contribution in [0.1, 0.15) is 5.56 Å². The number of hydrogen-bond donors (Lipinski definition) is 4. The summed E-state index contributed by atoms with van der Waals surface area (Å²) in [7, 11) is 0. The predicted molar refractivity (Wildman–Crippen MR) is 80.3 cm³/mol. The molecule has 0 saturated carbocycles. The van der Waals surface area contributed by atoms with Crippen LogP contribution in [0.3, 0.4) is 0 Å². The molecule has 0 bridgehead atoms. The Kier molecular flexibility index (Phi) is 4.25. The summed E-state index contributed by atoms with van der Waals surface area (Å²) in [6.45, 7) is 0.295. The van der Waals surface area contributed by atoms with Crippen molar-refractivity contribution in [2.24, 2.45) is 23.2 Å². The fraction of sp³-hybridized carbons (Fsp3) is 0.0833. The molecular formula is C12H16N8O2. The zero-order chi connectivity index (χ0) is 16.3. The summed E-state index contributed by atoms with van der Waals surface area (Å²) in [5.74, 6) is 11.2. The molecule has 1 aromatic carbocycles. The standard InChI is InChI=1S/C12H16N8O2/c13-11(21)19(15)9-6-17-18(10(9)20(16)12(14)22)7-8-4-2-1-3-5-8/h1-6H,7,15-16H2,(H2,13,21)(H2,14,22). The molecule has 2 rings (SSSR count). The summed E-state index contributed by atoms with van der Waals surface area (Å²) >= 11 is 0. The highest BCUT2D eigenvalue weighted by Crippen LogP contribution is 2.27. The number of hydrazine groups is 2. The molecule has 0 spiro atoms. The lowest BCUT2D eigenvalue weighted by Crippen LogP contribution is -2.46. The number of hydrogen-bond acceptors (Lipinski definition) is 5. The number of carbonyl (C=O) groups is 2. The van der Waals surface area contributed by atoms with Gasteiger partial charge in [-0.05, 0) is 5.56 Å². The highest BCUT2D eigenvalue weighted by Gasteiger charge is 2.24. The van der Waals surface area contributed by atoms with E-state index < -0.39 is 12.1 Å². The van der Waals surface area contributed by atoms with Crippen molar-refractivity contribution in [3.8, 4) is 0 Å². The maximum absolute atomic E-state index is 11.4. The Morgan fingerprint density at radius 3 is 2.18 bits per heavy atom. The van der Waals surface area contributed by atoms with Gasteiger partial charge in [-0.3, -0.25) is 0 Å². The van der Waals surface area contributed by atoms with Gasteiger partial charge in [0.15, 0.2) is 5.82 Å². The van der Waals surface area contributed by atoms with Crippen molar-refractivity contribution in [2.75, 3.05) is 10.0 Å². The van der Waals surface area contributed by atoms with E-state index in [0.29, 0.717) is 16.6 Å². The summed E-state index contributed by atoms with van der Waals surface area (Å²) in [6, 6.07) is 7.44. The molecule has 22 heavy (non-hydrogen) atoms. The minimum atomic E-state index is -0.936. The molecule has 1 heterocycles. The van der Waals surface area contributed by atoms with Crippen LogP contribution in [-0.2, 0) is 6.54 Å². The molecule has 116 valence electrons. The molecule has 0 fully saturated rings. The van der Waals surface area contributed by atoms with Crippen LogP contribution in [-0.4, -0.2) is 21.8 Å². The van der Waals surface area contributed by atoms with Gasteiger partial charge in [-0.15, -0.1) is 0 Å². The monoisotopic (exact) mass is 304 g/mol. The Hall–Kier alpha value is -3.11. The average molecular weight is 304 g/mol. The van der Waals surface area contributed by atoms with E-state index in [4.69, 9.17) is 23.2 Å². The van der Waals surface area contributed by atoms with Crippen molar-refractivity contribution < 1.29 is 9.59 Å². The first kappa shape index (κ1) is 15.3. The summed E-state index contributed by atoms with van der Waals surface area (Å²) < 4.78 is 1.39. The second-order valence-corrected chi connectivity index (χ2v) is 4.41. The summed E-state index contributed by atoms with van der Waals surface area (Å²) in [6.07, 6.45) is 1.27. The number of carbonyl (C=O) groups excluding carboxylic acids is 2. The maximum atomic E-state index is 11.4. The first-order chi connectivity index (χ1) is 10.4. The number of aromatic nitrogens is 2. The van der Waals surface area contributed by atoms with Crippen LogP contribution in [0, 0.1) is 0 Å². The van der Waals surface area contributed by atoms with Gasteiger partial charge in [0.1, 0.15) is 5.69 Å². The van der Waals surface area contributed by atoms with E-state index >= 15 is 0 Å². The number of nitrogens with two attached hydrogens (primary N) is 4. The quantitative estimate of drug-likeness (QED) is 0.338. The van der Waals surface area contributed by atoms with Gasteiger partial charge < -0.3 is 11.5 Å². The third kappa shape index (κ3) is 2.97. The van der Waals surface area contributed by atoms with Gasteiger partial charge in [-0.2, -0.15) is 5.10 Å². The highest BCUT2D eigenvalue weighted by molar-refractivity contribution is 5.97. The van der Waals surface area contributed by atoms with E-state index in [-0.39, 0.29) is 11.5 Å². The molecule has 8 N–H and O–H groups in total. The van der Waals surface area contributed by atoms with Crippen molar-refractivity contribution in [2.45, 2.75) is 6.54 Å². The Bertz CT molecular complexity index is 684. The number of amides is 4. The molecule has 4 amide bonds. The number of nitrogens with zero attached hydrogens (tertiary/aromatic N) is 4. The first-order valence-electron chi connectivity index (χ1n) is 6.20. The topological polar surface area (TPSA) is 163 Å². The molecule has 0 atom stereocenters. The van der Waals surface area contributed by atoms with Gasteiger partial charge in [-0.1, -0.05) is 30.3 Å². The van der Waals surface area contributed by atoms with Crippen LogP contribution in [0.25, 0.3) is 0 Å². The Labute approximate surface area is 125 Å². The second-order valence-electron chi connectivity index (χ2n) is 4.41. The number of anilines is 2. The summed E-state index contributed by atoms with van der Waals surface area (Å²) in [5, 5.41) is 5.35. The Morgan fingerprint density at radius 2 is 1.64 bits per heavy atom. The van der Waals surface area contributed by atoms with Crippen LogP contribution in [0.4, 0.5) is 21.1 Å². The summed E-state index contributed by atoms with van der Waals surface area (Å²) in [5.41, 5.74) is 11.3. The van der Waals surface area contributed by atoms with Crippen LogP contribution < -0.4 is 33.2 Å². The lowest BCUT2D eigenvalue weighted by Gasteiger charge is -2.20. The molecule has 10 nitrogen and oxygen atoms in total. The number of urea groups is 2. The van der Waals surface area contributed by atoms with Crippen LogP contribution in [0.5, 0.6) is 0 Å². The van der Waals surface area contributed by atoms with Crippen LogP contribution >= 0.6 is 0 Å². The molecule has 0 aliphatic heterocycles. The maximum Gasteiger partial charge on any atom is 0.335 e. The lowest BCUT2D eigenvalue weighted by molar-refractivity contribution is 0.252. The van der Waals surface area contributed by atoms with Crippen molar-refractivity contribution in [3.63, 3.8) is 0 Å². The van der Waals surface area contributed by atoms with Crippen LogP contribution in [0.15, 0.2) is 36.5 Å². The Morgan fingerprint density at radius 1 is 1.05 bits per heavy atom. The van der Waals surface area contributed by atoms with Gasteiger partial charge in [0.25, 0.3) is 0 Å². The summed E-state index contributed by atoms with van der Waals surface area (Å²) in [4.78, 5) is 22.6. The molecule has 10 heteroatoms. The molecule has 0 saturated heterocycles. The third-order valence-corrected chi connectivity index (χ3v) is 2.93. The normalized spacial score (nSPS) is 10.3. The van der Waals surface area contributed by atoms with Gasteiger partial charge >= 0.3 is 12.1 Å². The SMILES string of the molecule is NC(=O)N(N)c1cnn(Cc2ccccc2)c1N(N)C(N)=O. The highest BCUT2D eigenvalue weighted by atomic mass is 16.2. The largest absolute Gasteiger partial charge is 0.350 e. The fourth-order valence-corrected chi connectivity index (χ4v) is 1.88. The smallest absolute Gasteiger partial charge is 0.335 e. The molecule has 1 aromatic heterocycles. The van der Waals surface area contributed by atoms with E-state index in [2.05, 4.69) is 5.10 Å². The van der Waals surface area contributed by atoms with E-state index in [1.807, 2.05) is 30.3 Å². The van der Waals surface area contributed by atoms with E-state index in [1.165, 1.54) is 10.9 Å². The van der Waals surface area contributed by atoms with Crippen molar-refractivity contribution >= 4 is 23.6 Å². The van der Waals surface area contributed by atoms with Crippen molar-refractivity contribution in [1.82, 2.24) is 9.78 Å². The minimum absolute atomic E-state index is 0.0534. The number of benzene rings is 1. The van der Waals surface area contributed by atoms with Crippen molar-refractivity contribution in [1.29, 1.82) is 0 Å². The van der Waals surface area contributed by atoms with Gasteiger partial charge in [-0.25, -0.2) is 36.0 Å². The third-order valence-electron chi connectivity index (χ3n) is 2.93. The number of primary amides is 2. The van der Waals surface area contributed by atoms with Gasteiger partial charge in [0.05, 0.1) is 12.7 Å².